The van der Waals surface area contributed by atoms with Crippen LogP contribution in [0.25, 0.3) is 10.8 Å². The van der Waals surface area contributed by atoms with Crippen LogP contribution < -0.4 is 15.4 Å². The number of likely N-dealkylation sites (N-methyl/N-ethyl adjacent to an activating group) is 1. The van der Waals surface area contributed by atoms with Crippen LogP contribution in [-0.4, -0.2) is 76.6 Å². The van der Waals surface area contributed by atoms with Gasteiger partial charge in [0.15, 0.2) is 0 Å². The summed E-state index contributed by atoms with van der Waals surface area (Å²) >= 11 is 0. The van der Waals surface area contributed by atoms with Crippen LogP contribution in [-0.2, 0) is 0 Å². The molecule has 1 aliphatic rings. The molecule has 0 fully saturated rings. The number of aromatic nitrogens is 1. The number of ether oxygens (including phenoxy) is 1. The average Bonchev–Trinajstić information content (AvgIpc) is 3.03. The molecular formula is C33H35N5O5. The van der Waals surface area contributed by atoms with Crippen LogP contribution in [0.5, 0.6) is 5.75 Å². The molecule has 10 heteroatoms. The van der Waals surface area contributed by atoms with Crippen molar-refractivity contribution in [2.75, 3.05) is 37.4 Å². The third-order valence-corrected chi connectivity index (χ3v) is 7.70. The van der Waals surface area contributed by atoms with E-state index in [1.165, 1.54) is 12.4 Å². The molecule has 5 rings (SSSR count). The van der Waals surface area contributed by atoms with Gasteiger partial charge in [-0.15, -0.1) is 0 Å². The van der Waals surface area contributed by atoms with Gasteiger partial charge in [-0.1, -0.05) is 43.3 Å². The van der Waals surface area contributed by atoms with Gasteiger partial charge in [-0.2, -0.15) is 0 Å². The Hall–Kier alpha value is -4.96. The number of urea groups is 1. The van der Waals surface area contributed by atoms with Crippen LogP contribution in [0, 0.1) is 5.92 Å². The normalized spacial score (nSPS) is 17.2. The number of fused-ring (bicyclic) bond motifs is 2. The maximum Gasteiger partial charge on any atom is 0.321 e. The van der Waals surface area contributed by atoms with Crippen molar-refractivity contribution < 1.29 is 24.2 Å². The standard InChI is InChI=1S/C33H35N5O5/c1-21-18-38(22(2)20-39)32(41)27-17-25(35-31(40)24-13-15-34-16-14-24)11-12-29(27)43-30(21)19-37(3)33(42)36-28-10-6-8-23-7-4-5-9-26(23)28/h4-17,21-22,30,39H,18-20H2,1-3H3,(H,35,40)(H,36,42)/t21-,22-,30+/m1/s1. The maximum atomic E-state index is 13.7. The first-order valence-corrected chi connectivity index (χ1v) is 14.2. The molecule has 10 nitrogen and oxygen atoms in total. The van der Waals surface area contributed by atoms with Crippen LogP contribution in [0.3, 0.4) is 0 Å². The number of hydrogen-bond donors (Lipinski definition) is 3. The number of carbonyl (C=O) groups excluding carboxylic acids is 3. The van der Waals surface area contributed by atoms with E-state index in [-0.39, 0.29) is 42.5 Å². The van der Waals surface area contributed by atoms with Crippen molar-refractivity contribution in [2.24, 2.45) is 5.92 Å². The fourth-order valence-electron chi connectivity index (χ4n) is 5.12. The Kier molecular flexibility index (Phi) is 8.87. The number of nitrogens with zero attached hydrogens (tertiary/aromatic N) is 3. The van der Waals surface area contributed by atoms with E-state index in [9.17, 15) is 19.5 Å². The largest absolute Gasteiger partial charge is 0.487 e. The lowest BCUT2D eigenvalue weighted by Crippen LogP contribution is -2.50. The number of pyridine rings is 1. The second-order valence-corrected chi connectivity index (χ2v) is 10.9. The summed E-state index contributed by atoms with van der Waals surface area (Å²) in [6, 6.07) is 20.9. The Bertz CT molecular complexity index is 1620. The molecule has 4 aromatic rings. The molecule has 1 aromatic heterocycles. The first kappa shape index (κ1) is 29.5. The van der Waals surface area contributed by atoms with Crippen molar-refractivity contribution in [3.05, 3.63) is 96.3 Å². The van der Waals surface area contributed by atoms with E-state index in [1.54, 1.807) is 54.1 Å². The summed E-state index contributed by atoms with van der Waals surface area (Å²) in [7, 11) is 1.70. The van der Waals surface area contributed by atoms with Gasteiger partial charge in [0.25, 0.3) is 11.8 Å². The molecule has 43 heavy (non-hydrogen) atoms. The van der Waals surface area contributed by atoms with E-state index >= 15 is 0 Å². The Morgan fingerprint density at radius 1 is 1.07 bits per heavy atom. The Labute approximate surface area is 250 Å². The lowest BCUT2D eigenvalue weighted by molar-refractivity contribution is 0.0371. The maximum absolute atomic E-state index is 13.7. The van der Waals surface area contributed by atoms with E-state index < -0.39 is 12.1 Å². The van der Waals surface area contributed by atoms with Gasteiger partial charge in [0, 0.05) is 48.5 Å². The summed E-state index contributed by atoms with van der Waals surface area (Å²) in [5.41, 5.74) is 1.82. The number of nitrogens with one attached hydrogen (secondary N) is 2. The minimum atomic E-state index is -0.472. The van der Waals surface area contributed by atoms with E-state index in [4.69, 9.17) is 4.74 Å². The predicted molar refractivity (Wildman–Crippen MR) is 165 cm³/mol. The van der Waals surface area contributed by atoms with Crippen LogP contribution in [0.2, 0.25) is 0 Å². The van der Waals surface area contributed by atoms with E-state index in [1.807, 2.05) is 49.4 Å². The fourth-order valence-corrected chi connectivity index (χ4v) is 5.12. The van der Waals surface area contributed by atoms with Gasteiger partial charge in [0.05, 0.1) is 30.4 Å². The van der Waals surface area contributed by atoms with Crippen LogP contribution in [0.15, 0.2) is 85.2 Å². The zero-order valence-corrected chi connectivity index (χ0v) is 24.4. The van der Waals surface area contributed by atoms with Crippen molar-refractivity contribution in [1.82, 2.24) is 14.8 Å². The average molecular weight is 582 g/mol. The predicted octanol–water partition coefficient (Wildman–Crippen LogP) is 4.87. The van der Waals surface area contributed by atoms with Crippen molar-refractivity contribution in [3.8, 4) is 5.75 Å². The van der Waals surface area contributed by atoms with Gasteiger partial charge >= 0.3 is 6.03 Å². The SMILES string of the molecule is C[C@@H]1CN([C@H](C)CO)C(=O)c2cc(NC(=O)c3ccncc3)ccc2O[C@H]1CN(C)C(=O)Nc1cccc2ccccc12. The number of aliphatic hydroxyl groups excluding tert-OH is 1. The Balaban J connectivity index is 1.38. The second kappa shape index (κ2) is 12.9. The molecule has 0 unspecified atom stereocenters. The molecule has 0 saturated carbocycles. The van der Waals surface area contributed by atoms with Crippen molar-refractivity contribution in [3.63, 3.8) is 0 Å². The molecule has 1 aliphatic heterocycles. The van der Waals surface area contributed by atoms with Crippen molar-refractivity contribution in [1.29, 1.82) is 0 Å². The minimum Gasteiger partial charge on any atom is -0.487 e. The van der Waals surface area contributed by atoms with E-state index in [2.05, 4.69) is 15.6 Å². The van der Waals surface area contributed by atoms with Gasteiger partial charge in [0.2, 0.25) is 0 Å². The van der Waals surface area contributed by atoms with Gasteiger partial charge in [-0.3, -0.25) is 14.6 Å². The molecule has 0 bridgehead atoms. The molecule has 3 aromatic carbocycles. The minimum absolute atomic E-state index is 0.176. The van der Waals surface area contributed by atoms with Gasteiger partial charge < -0.3 is 30.3 Å². The third-order valence-electron chi connectivity index (χ3n) is 7.70. The van der Waals surface area contributed by atoms with Crippen LogP contribution in [0.4, 0.5) is 16.2 Å². The second-order valence-electron chi connectivity index (χ2n) is 10.9. The first-order valence-electron chi connectivity index (χ1n) is 14.2. The highest BCUT2D eigenvalue weighted by Crippen LogP contribution is 2.31. The summed E-state index contributed by atoms with van der Waals surface area (Å²) in [4.78, 5) is 46.9. The molecule has 0 spiro atoms. The highest BCUT2D eigenvalue weighted by molar-refractivity contribution is 6.05. The highest BCUT2D eigenvalue weighted by Gasteiger charge is 2.34. The lowest BCUT2D eigenvalue weighted by atomic mass is 9.99. The summed E-state index contributed by atoms with van der Waals surface area (Å²) < 4.78 is 6.41. The number of aliphatic hydroxyl groups is 1. The number of amides is 4. The third kappa shape index (κ3) is 6.60. The molecule has 0 saturated heterocycles. The molecular weight excluding hydrogens is 546 g/mol. The lowest BCUT2D eigenvalue weighted by Gasteiger charge is -2.38. The topological polar surface area (TPSA) is 124 Å². The number of carbonyl (C=O) groups is 3. The van der Waals surface area contributed by atoms with Crippen molar-refractivity contribution >= 4 is 40.0 Å². The number of hydrogen-bond acceptors (Lipinski definition) is 6. The summed E-state index contributed by atoms with van der Waals surface area (Å²) in [5.74, 6) is -0.497. The summed E-state index contributed by atoms with van der Waals surface area (Å²) in [6.07, 6.45) is 2.59. The van der Waals surface area contributed by atoms with Crippen LogP contribution >= 0.6 is 0 Å². The smallest absolute Gasteiger partial charge is 0.321 e. The molecule has 0 aliphatic carbocycles. The molecule has 3 atom stereocenters. The van der Waals surface area contributed by atoms with E-state index in [0.717, 1.165) is 10.8 Å². The summed E-state index contributed by atoms with van der Waals surface area (Å²) in [6.45, 7) is 4.07. The molecule has 3 N–H and O–H groups in total. The monoisotopic (exact) mass is 581 g/mol. The first-order chi connectivity index (χ1) is 20.7. The highest BCUT2D eigenvalue weighted by atomic mass is 16.5. The van der Waals surface area contributed by atoms with Gasteiger partial charge in [-0.25, -0.2) is 4.79 Å². The van der Waals surface area contributed by atoms with Crippen molar-refractivity contribution in [2.45, 2.75) is 26.0 Å². The number of benzene rings is 3. The fraction of sp³-hybridized carbons (Fsp3) is 0.273. The van der Waals surface area contributed by atoms with Gasteiger partial charge in [-0.05, 0) is 48.7 Å². The molecule has 2 heterocycles. The Morgan fingerprint density at radius 2 is 1.81 bits per heavy atom. The molecule has 4 amide bonds. The van der Waals surface area contributed by atoms with Gasteiger partial charge in [0.1, 0.15) is 11.9 Å². The quantitative estimate of drug-likeness (QED) is 0.286. The number of anilines is 2. The molecule has 0 radical (unpaired) electrons. The zero-order valence-electron chi connectivity index (χ0n) is 24.4. The van der Waals surface area contributed by atoms with Crippen LogP contribution in [0.1, 0.15) is 34.6 Å². The summed E-state index contributed by atoms with van der Waals surface area (Å²) in [5, 5.41) is 17.7. The van der Waals surface area contributed by atoms with E-state index in [0.29, 0.717) is 29.2 Å². The molecule has 222 valence electrons. The zero-order chi connectivity index (χ0) is 30.5. The Morgan fingerprint density at radius 3 is 2.58 bits per heavy atom. The number of rotatable bonds is 7.